The monoisotopic (exact) mass is 178 g/mol. The highest BCUT2D eigenvalue weighted by atomic mass is 16.3. The molecule has 1 aromatic rings. The lowest BCUT2D eigenvalue weighted by Crippen LogP contribution is -2.24. The van der Waals surface area contributed by atoms with E-state index in [2.05, 4.69) is 0 Å². The van der Waals surface area contributed by atoms with E-state index in [1.54, 1.807) is 18.2 Å². The average molecular weight is 178 g/mol. The first-order valence-electron chi connectivity index (χ1n) is 3.75. The highest BCUT2D eigenvalue weighted by molar-refractivity contribution is 6.37. The minimum absolute atomic E-state index is 0.0714. The van der Waals surface area contributed by atoms with Crippen molar-refractivity contribution >= 4 is 11.6 Å². The number of phenols is 1. The number of benzene rings is 1. The van der Waals surface area contributed by atoms with Gasteiger partial charge in [0.2, 0.25) is 0 Å². The van der Waals surface area contributed by atoms with Crippen molar-refractivity contribution < 1.29 is 9.90 Å². The molecule has 0 aliphatic carbocycles. The van der Waals surface area contributed by atoms with E-state index in [1.807, 2.05) is 0 Å². The zero-order valence-electron chi connectivity index (χ0n) is 6.95. The normalized spacial score (nSPS) is 9.54. The Balaban J connectivity index is 2.81. The number of hydrogen-bond acceptors (Lipinski definition) is 3. The second-order valence-corrected chi connectivity index (χ2v) is 2.65. The number of primary amides is 1. The average Bonchev–Trinajstić information content (AvgIpc) is 2.08. The molecule has 0 unspecified atom stereocenters. The van der Waals surface area contributed by atoms with Crippen LogP contribution in [0.1, 0.15) is 5.56 Å². The zero-order valence-corrected chi connectivity index (χ0v) is 6.95. The van der Waals surface area contributed by atoms with Gasteiger partial charge < -0.3 is 10.8 Å². The third-order valence-electron chi connectivity index (χ3n) is 1.66. The molecule has 0 atom stereocenters. The fraction of sp³-hybridized carbons (Fsp3) is 0.111. The van der Waals surface area contributed by atoms with Gasteiger partial charge in [-0.2, -0.15) is 0 Å². The molecule has 0 fully saturated rings. The van der Waals surface area contributed by atoms with Crippen molar-refractivity contribution in [3.05, 3.63) is 29.8 Å². The molecule has 0 bridgehead atoms. The fourth-order valence-corrected chi connectivity index (χ4v) is 0.938. The Morgan fingerprint density at radius 2 is 2.08 bits per heavy atom. The minimum atomic E-state index is -0.761. The first-order valence-corrected chi connectivity index (χ1v) is 3.75. The maximum absolute atomic E-state index is 10.5. The topological polar surface area (TPSA) is 87.2 Å². The summed E-state index contributed by atoms with van der Waals surface area (Å²) in [7, 11) is 0. The number of rotatable bonds is 3. The molecule has 0 aromatic heterocycles. The molecule has 1 rings (SSSR count). The van der Waals surface area contributed by atoms with E-state index in [0.29, 0.717) is 5.56 Å². The zero-order chi connectivity index (χ0) is 9.84. The van der Waals surface area contributed by atoms with Gasteiger partial charge in [-0.25, -0.2) is 0 Å². The summed E-state index contributed by atoms with van der Waals surface area (Å²) in [5.41, 5.74) is 5.22. The van der Waals surface area contributed by atoms with Crippen LogP contribution in [0.15, 0.2) is 24.3 Å². The number of phenolic OH excluding ortho intramolecular Hbond substituents is 1. The van der Waals surface area contributed by atoms with E-state index in [0.717, 1.165) is 0 Å². The van der Waals surface area contributed by atoms with Gasteiger partial charge in [-0.15, -0.1) is 0 Å². The summed E-state index contributed by atoms with van der Waals surface area (Å²) in [6, 6.07) is 6.55. The molecule has 0 heterocycles. The predicted octanol–water partition coefficient (Wildman–Crippen LogP) is 0.440. The molecule has 1 aromatic carbocycles. The molecule has 0 saturated carbocycles. The van der Waals surface area contributed by atoms with Crippen molar-refractivity contribution in [3.63, 3.8) is 0 Å². The number of amides is 1. The van der Waals surface area contributed by atoms with Crippen molar-refractivity contribution in [2.45, 2.75) is 6.42 Å². The Hall–Kier alpha value is -1.84. The van der Waals surface area contributed by atoms with Crippen LogP contribution < -0.4 is 5.73 Å². The molecule has 0 radical (unpaired) electrons. The molecule has 4 heteroatoms. The third kappa shape index (κ3) is 2.30. The van der Waals surface area contributed by atoms with Crippen molar-refractivity contribution in [2.75, 3.05) is 0 Å². The summed E-state index contributed by atoms with van der Waals surface area (Å²) in [6.45, 7) is 0. The van der Waals surface area contributed by atoms with Gasteiger partial charge in [-0.05, 0) is 11.6 Å². The Labute approximate surface area is 75.5 Å². The first kappa shape index (κ1) is 9.25. The van der Waals surface area contributed by atoms with E-state index in [1.165, 1.54) is 6.07 Å². The molecular weight excluding hydrogens is 168 g/mol. The fourth-order valence-electron chi connectivity index (χ4n) is 0.938. The largest absolute Gasteiger partial charge is 0.508 e. The second kappa shape index (κ2) is 3.71. The number of carbonyl (C=O) groups is 1. The molecule has 1 amide bonds. The maximum atomic E-state index is 10.5. The van der Waals surface area contributed by atoms with E-state index in [9.17, 15) is 9.90 Å². The van der Waals surface area contributed by atoms with Crippen LogP contribution in [0.25, 0.3) is 0 Å². The molecule has 13 heavy (non-hydrogen) atoms. The highest BCUT2D eigenvalue weighted by Gasteiger charge is 2.07. The quantitative estimate of drug-likeness (QED) is 0.586. The van der Waals surface area contributed by atoms with E-state index < -0.39 is 5.91 Å². The number of nitrogens with one attached hydrogen (secondary N) is 1. The lowest BCUT2D eigenvalue weighted by atomic mass is 10.1. The molecule has 68 valence electrons. The molecular formula is C9H10N2O2. The smallest absolute Gasteiger partial charge is 0.262 e. The van der Waals surface area contributed by atoms with Gasteiger partial charge in [-0.3, -0.25) is 10.2 Å². The van der Waals surface area contributed by atoms with Crippen LogP contribution in [0.4, 0.5) is 0 Å². The van der Waals surface area contributed by atoms with E-state index in [-0.39, 0.29) is 17.9 Å². The number of hydrogen-bond donors (Lipinski definition) is 3. The summed E-state index contributed by atoms with van der Waals surface area (Å²) >= 11 is 0. The SMILES string of the molecule is N=C(Cc1ccccc1O)C(N)=O. The number of carbonyl (C=O) groups excluding carboxylic acids is 1. The number of aromatic hydroxyl groups is 1. The van der Waals surface area contributed by atoms with Crippen LogP contribution in [-0.2, 0) is 11.2 Å². The van der Waals surface area contributed by atoms with Crippen LogP contribution in [-0.4, -0.2) is 16.7 Å². The summed E-state index contributed by atoms with van der Waals surface area (Å²) in [5, 5.41) is 16.5. The Morgan fingerprint density at radius 1 is 1.46 bits per heavy atom. The Bertz CT molecular complexity index is 347. The van der Waals surface area contributed by atoms with Gasteiger partial charge in [0.15, 0.2) is 0 Å². The molecule has 4 N–H and O–H groups in total. The van der Waals surface area contributed by atoms with Crippen LogP contribution in [0.2, 0.25) is 0 Å². The van der Waals surface area contributed by atoms with Crippen molar-refractivity contribution in [3.8, 4) is 5.75 Å². The van der Waals surface area contributed by atoms with E-state index in [4.69, 9.17) is 11.1 Å². The summed E-state index contributed by atoms with van der Waals surface area (Å²) in [6.07, 6.45) is 0.0714. The molecule has 0 aliphatic heterocycles. The number of nitrogens with two attached hydrogens (primary N) is 1. The van der Waals surface area contributed by atoms with Crippen molar-refractivity contribution in [1.29, 1.82) is 5.41 Å². The Kier molecular flexibility index (Phi) is 2.64. The van der Waals surface area contributed by atoms with Crippen LogP contribution in [0.5, 0.6) is 5.75 Å². The predicted molar refractivity (Wildman–Crippen MR) is 48.7 cm³/mol. The minimum Gasteiger partial charge on any atom is -0.508 e. The van der Waals surface area contributed by atoms with Gasteiger partial charge >= 0.3 is 0 Å². The van der Waals surface area contributed by atoms with Crippen molar-refractivity contribution in [1.82, 2.24) is 0 Å². The molecule has 0 aliphatic rings. The van der Waals surface area contributed by atoms with Gasteiger partial charge in [0, 0.05) is 6.42 Å². The molecule has 0 spiro atoms. The van der Waals surface area contributed by atoms with Gasteiger partial charge in [0.25, 0.3) is 5.91 Å². The van der Waals surface area contributed by atoms with Crippen LogP contribution >= 0.6 is 0 Å². The highest BCUT2D eigenvalue weighted by Crippen LogP contribution is 2.15. The van der Waals surface area contributed by atoms with E-state index >= 15 is 0 Å². The second-order valence-electron chi connectivity index (χ2n) is 2.65. The maximum Gasteiger partial charge on any atom is 0.262 e. The lowest BCUT2D eigenvalue weighted by molar-refractivity contribution is -0.112. The Morgan fingerprint density at radius 3 is 2.62 bits per heavy atom. The van der Waals surface area contributed by atoms with Crippen LogP contribution in [0, 0.1) is 5.41 Å². The third-order valence-corrected chi connectivity index (χ3v) is 1.66. The van der Waals surface area contributed by atoms with Gasteiger partial charge in [0.1, 0.15) is 11.5 Å². The lowest BCUT2D eigenvalue weighted by Gasteiger charge is -2.02. The van der Waals surface area contributed by atoms with Crippen LogP contribution in [0.3, 0.4) is 0 Å². The number of para-hydroxylation sites is 1. The molecule has 0 saturated heterocycles. The van der Waals surface area contributed by atoms with Gasteiger partial charge in [0.05, 0.1) is 0 Å². The summed E-state index contributed by atoms with van der Waals surface area (Å²) in [4.78, 5) is 10.5. The summed E-state index contributed by atoms with van der Waals surface area (Å²) < 4.78 is 0. The molecule has 4 nitrogen and oxygen atoms in total. The van der Waals surface area contributed by atoms with Gasteiger partial charge in [-0.1, -0.05) is 18.2 Å². The van der Waals surface area contributed by atoms with Crippen molar-refractivity contribution in [2.24, 2.45) is 5.73 Å². The first-order chi connectivity index (χ1) is 6.11. The summed E-state index contributed by atoms with van der Waals surface area (Å²) in [5.74, 6) is -0.684. The standard InChI is InChI=1S/C9H10N2O2/c10-7(9(11)13)5-6-3-1-2-4-8(6)12/h1-4,10,12H,5H2,(H2,11,13).